The Morgan fingerprint density at radius 3 is 2.52 bits per heavy atom. The molecule has 1 aliphatic heterocycles. The summed E-state index contributed by atoms with van der Waals surface area (Å²) < 4.78 is 0. The Hall–Kier alpha value is -1.59. The predicted octanol–water partition coefficient (Wildman–Crippen LogP) is 2.28. The molecule has 3 rings (SSSR count). The zero-order valence-electron chi connectivity index (χ0n) is 13.4. The molecule has 0 atom stereocenters. The SMILES string of the molecule is CN(C(=O)c1cccc(NC(=O)C2CC2)c1)C1CCNCC1.Cl. The molecule has 2 amide bonds. The van der Waals surface area contributed by atoms with Crippen molar-refractivity contribution in [2.24, 2.45) is 5.92 Å². The molecule has 23 heavy (non-hydrogen) atoms. The van der Waals surface area contributed by atoms with E-state index < -0.39 is 0 Å². The van der Waals surface area contributed by atoms with Crippen molar-refractivity contribution in [1.82, 2.24) is 10.2 Å². The highest BCUT2D eigenvalue weighted by molar-refractivity contribution is 5.98. The quantitative estimate of drug-likeness (QED) is 0.886. The van der Waals surface area contributed by atoms with Gasteiger partial charge in [0.25, 0.3) is 5.91 Å². The number of anilines is 1. The van der Waals surface area contributed by atoms with Gasteiger partial charge in [0.1, 0.15) is 0 Å². The van der Waals surface area contributed by atoms with Crippen LogP contribution in [0.4, 0.5) is 5.69 Å². The van der Waals surface area contributed by atoms with Gasteiger partial charge in [-0.05, 0) is 57.0 Å². The van der Waals surface area contributed by atoms with Crippen LogP contribution in [0.25, 0.3) is 0 Å². The van der Waals surface area contributed by atoms with Gasteiger partial charge >= 0.3 is 0 Å². The van der Waals surface area contributed by atoms with Gasteiger partial charge in [-0.2, -0.15) is 0 Å². The van der Waals surface area contributed by atoms with Crippen LogP contribution in [0.1, 0.15) is 36.0 Å². The van der Waals surface area contributed by atoms with Crippen LogP contribution in [0.2, 0.25) is 0 Å². The van der Waals surface area contributed by atoms with Crippen LogP contribution in [-0.4, -0.2) is 42.9 Å². The lowest BCUT2D eigenvalue weighted by molar-refractivity contribution is -0.117. The fourth-order valence-electron chi connectivity index (χ4n) is 2.88. The Morgan fingerprint density at radius 1 is 1.17 bits per heavy atom. The Kier molecular flexibility index (Phi) is 6.02. The molecule has 1 aromatic rings. The molecule has 1 heterocycles. The van der Waals surface area contributed by atoms with E-state index in [4.69, 9.17) is 0 Å². The number of piperidine rings is 1. The van der Waals surface area contributed by atoms with Crippen molar-refractivity contribution in [3.63, 3.8) is 0 Å². The lowest BCUT2D eigenvalue weighted by Crippen LogP contribution is -2.43. The van der Waals surface area contributed by atoms with Crippen LogP contribution in [-0.2, 0) is 4.79 Å². The average Bonchev–Trinajstić information content (AvgIpc) is 3.39. The first kappa shape index (κ1) is 17.8. The zero-order valence-corrected chi connectivity index (χ0v) is 14.2. The van der Waals surface area contributed by atoms with Gasteiger partial charge in [-0.3, -0.25) is 9.59 Å². The molecule has 2 N–H and O–H groups in total. The van der Waals surface area contributed by atoms with Crippen LogP contribution in [0.15, 0.2) is 24.3 Å². The van der Waals surface area contributed by atoms with Crippen molar-refractivity contribution >= 4 is 29.9 Å². The van der Waals surface area contributed by atoms with E-state index in [1.807, 2.05) is 30.1 Å². The summed E-state index contributed by atoms with van der Waals surface area (Å²) in [7, 11) is 1.87. The number of nitrogens with zero attached hydrogens (tertiary/aromatic N) is 1. The number of halogens is 1. The summed E-state index contributed by atoms with van der Waals surface area (Å²) in [5.74, 6) is 0.252. The molecule has 1 aromatic carbocycles. The Balaban J connectivity index is 0.00000192. The maximum Gasteiger partial charge on any atom is 0.253 e. The van der Waals surface area contributed by atoms with Gasteiger partial charge in [-0.25, -0.2) is 0 Å². The molecule has 1 saturated carbocycles. The lowest BCUT2D eigenvalue weighted by Gasteiger charge is -2.31. The summed E-state index contributed by atoms with van der Waals surface area (Å²) in [6.45, 7) is 1.92. The van der Waals surface area contributed by atoms with Crippen molar-refractivity contribution in [2.45, 2.75) is 31.7 Å². The van der Waals surface area contributed by atoms with E-state index in [2.05, 4.69) is 10.6 Å². The number of carbonyl (C=O) groups is 2. The molecule has 0 spiro atoms. The number of rotatable bonds is 4. The second-order valence-electron chi connectivity index (χ2n) is 6.24. The summed E-state index contributed by atoms with van der Waals surface area (Å²) in [6.07, 6.45) is 3.92. The van der Waals surface area contributed by atoms with Gasteiger partial charge in [0, 0.05) is 30.3 Å². The number of hydrogen-bond donors (Lipinski definition) is 2. The van der Waals surface area contributed by atoms with Crippen LogP contribution in [0, 0.1) is 5.92 Å². The minimum absolute atomic E-state index is 0. The number of amides is 2. The highest BCUT2D eigenvalue weighted by atomic mass is 35.5. The number of benzene rings is 1. The third-order valence-electron chi connectivity index (χ3n) is 4.50. The van der Waals surface area contributed by atoms with E-state index in [0.717, 1.165) is 38.8 Å². The molecule has 126 valence electrons. The number of nitrogens with one attached hydrogen (secondary N) is 2. The summed E-state index contributed by atoms with van der Waals surface area (Å²) >= 11 is 0. The number of carbonyl (C=O) groups excluding carboxylic acids is 2. The molecule has 1 aliphatic carbocycles. The molecule has 2 aliphatic rings. The molecule has 5 nitrogen and oxygen atoms in total. The van der Waals surface area contributed by atoms with E-state index in [0.29, 0.717) is 17.3 Å². The molecule has 2 fully saturated rings. The van der Waals surface area contributed by atoms with Crippen molar-refractivity contribution in [1.29, 1.82) is 0 Å². The number of hydrogen-bond acceptors (Lipinski definition) is 3. The molecule has 0 aromatic heterocycles. The first-order valence-corrected chi connectivity index (χ1v) is 8.04. The highest BCUT2D eigenvalue weighted by Crippen LogP contribution is 2.30. The van der Waals surface area contributed by atoms with Gasteiger partial charge in [0.05, 0.1) is 0 Å². The van der Waals surface area contributed by atoms with Crippen molar-refractivity contribution in [2.75, 3.05) is 25.5 Å². The lowest BCUT2D eigenvalue weighted by atomic mass is 10.0. The topological polar surface area (TPSA) is 61.4 Å². The van der Waals surface area contributed by atoms with E-state index in [1.54, 1.807) is 6.07 Å². The van der Waals surface area contributed by atoms with E-state index in [1.165, 1.54) is 0 Å². The average molecular weight is 338 g/mol. The standard InChI is InChI=1S/C17H23N3O2.ClH/c1-20(15-7-9-18-10-8-15)17(22)13-3-2-4-14(11-13)19-16(21)12-5-6-12;/h2-4,11-12,15,18H,5-10H2,1H3,(H,19,21);1H. The van der Waals surface area contributed by atoms with Gasteiger partial charge < -0.3 is 15.5 Å². The van der Waals surface area contributed by atoms with Crippen LogP contribution in [0.5, 0.6) is 0 Å². The van der Waals surface area contributed by atoms with Crippen LogP contribution < -0.4 is 10.6 Å². The van der Waals surface area contributed by atoms with E-state index in [9.17, 15) is 9.59 Å². The fraction of sp³-hybridized carbons (Fsp3) is 0.529. The monoisotopic (exact) mass is 337 g/mol. The Labute approximate surface area is 143 Å². The second-order valence-corrected chi connectivity index (χ2v) is 6.24. The Morgan fingerprint density at radius 2 is 1.87 bits per heavy atom. The minimum atomic E-state index is 0. The largest absolute Gasteiger partial charge is 0.339 e. The fourth-order valence-corrected chi connectivity index (χ4v) is 2.88. The predicted molar refractivity (Wildman–Crippen MR) is 93.0 cm³/mol. The molecular weight excluding hydrogens is 314 g/mol. The normalized spacial score (nSPS) is 18.0. The van der Waals surface area contributed by atoms with Crippen LogP contribution >= 0.6 is 12.4 Å². The second kappa shape index (κ2) is 7.79. The Bertz CT molecular complexity index is 569. The smallest absolute Gasteiger partial charge is 0.253 e. The van der Waals surface area contributed by atoms with Gasteiger partial charge in [-0.1, -0.05) is 6.07 Å². The third kappa shape index (κ3) is 4.45. The first-order chi connectivity index (χ1) is 10.6. The summed E-state index contributed by atoms with van der Waals surface area (Å²) in [6, 6.07) is 7.54. The minimum Gasteiger partial charge on any atom is -0.339 e. The molecule has 0 bridgehead atoms. The van der Waals surface area contributed by atoms with Crippen molar-refractivity contribution in [3.8, 4) is 0 Å². The zero-order chi connectivity index (χ0) is 15.5. The third-order valence-corrected chi connectivity index (χ3v) is 4.50. The molecule has 1 saturated heterocycles. The summed E-state index contributed by atoms with van der Waals surface area (Å²) in [4.78, 5) is 26.3. The molecule has 0 radical (unpaired) electrons. The van der Waals surface area contributed by atoms with Gasteiger partial charge in [0.2, 0.25) is 5.91 Å². The molecular formula is C17H24ClN3O2. The van der Waals surface area contributed by atoms with Crippen molar-refractivity contribution in [3.05, 3.63) is 29.8 Å². The molecule has 6 heteroatoms. The van der Waals surface area contributed by atoms with E-state index >= 15 is 0 Å². The van der Waals surface area contributed by atoms with Crippen LogP contribution in [0.3, 0.4) is 0 Å². The first-order valence-electron chi connectivity index (χ1n) is 8.04. The molecule has 0 unspecified atom stereocenters. The maximum atomic E-state index is 12.6. The maximum absolute atomic E-state index is 12.6. The van der Waals surface area contributed by atoms with Crippen molar-refractivity contribution < 1.29 is 9.59 Å². The summed E-state index contributed by atoms with van der Waals surface area (Å²) in [5, 5.41) is 6.21. The highest BCUT2D eigenvalue weighted by Gasteiger charge is 2.29. The van der Waals surface area contributed by atoms with Gasteiger partial charge in [-0.15, -0.1) is 12.4 Å². The summed E-state index contributed by atoms with van der Waals surface area (Å²) in [5.41, 5.74) is 1.34. The van der Waals surface area contributed by atoms with Gasteiger partial charge in [0.15, 0.2) is 0 Å². The van der Waals surface area contributed by atoms with E-state index in [-0.39, 0.29) is 30.1 Å².